The molecule has 9 heteroatoms. The van der Waals surface area contributed by atoms with Crippen molar-refractivity contribution < 1.29 is 27.9 Å². The third-order valence-electron chi connectivity index (χ3n) is 3.02. The van der Waals surface area contributed by atoms with Crippen LogP contribution in [0.3, 0.4) is 0 Å². The predicted molar refractivity (Wildman–Crippen MR) is 62.8 cm³/mol. The van der Waals surface area contributed by atoms with Gasteiger partial charge in [0.2, 0.25) is 5.91 Å². The Labute approximate surface area is 116 Å². The fourth-order valence-electron chi connectivity index (χ4n) is 1.82. The molecular weight excluding hydrogens is 297 g/mol. The maximum atomic E-state index is 12.4. The third kappa shape index (κ3) is 3.09. The summed E-state index contributed by atoms with van der Waals surface area (Å²) in [5.74, 6) is -2.64. The van der Waals surface area contributed by atoms with Crippen LogP contribution in [0.4, 0.5) is 13.2 Å². The van der Waals surface area contributed by atoms with Crippen LogP contribution in [0, 0.1) is 11.8 Å². The minimum absolute atomic E-state index is 0.0532. The molecule has 1 aliphatic carbocycles. The number of aliphatic carboxylic acids is 1. The Bertz CT molecular complexity index is 543. The number of alkyl halides is 3. The number of carbonyl (C=O) groups excluding carboxylic acids is 1. The molecule has 1 aliphatic rings. The Morgan fingerprint density at radius 3 is 2.60 bits per heavy atom. The van der Waals surface area contributed by atoms with Gasteiger partial charge in [0, 0.05) is 12.4 Å². The van der Waals surface area contributed by atoms with E-state index in [0.29, 0.717) is 0 Å². The summed E-state index contributed by atoms with van der Waals surface area (Å²) in [4.78, 5) is 27.1. The monoisotopic (exact) mass is 308 g/mol. The van der Waals surface area contributed by atoms with E-state index in [1.807, 2.05) is 0 Å². The molecule has 1 aromatic rings. The number of carbonyl (C=O) groups is 2. The van der Waals surface area contributed by atoms with Crippen LogP contribution in [0.1, 0.15) is 17.1 Å². The topological polar surface area (TPSA) is 70.5 Å². The molecule has 1 heterocycles. The predicted octanol–water partition coefficient (Wildman–Crippen LogP) is 1.84. The van der Waals surface area contributed by atoms with Gasteiger partial charge in [-0.3, -0.25) is 9.59 Å². The molecule has 1 N–H and O–H groups in total. The molecule has 5 nitrogen and oxygen atoms in total. The molecule has 1 aromatic heterocycles. The standard InChI is InChI=1S/C11H11F3N2O3S/c1-16(9(17)5-2-6(5)10(18)19)3-8-15-7(4-20-8)11(12,13)14/h4-6H,2-3H2,1H3,(H,18,19)/t5-,6+/m1/s1. The zero-order chi connectivity index (χ0) is 15.1. The van der Waals surface area contributed by atoms with Gasteiger partial charge in [-0.1, -0.05) is 0 Å². The van der Waals surface area contributed by atoms with Crippen LogP contribution < -0.4 is 0 Å². The van der Waals surface area contributed by atoms with Gasteiger partial charge in [0.25, 0.3) is 0 Å². The molecule has 2 rings (SSSR count). The van der Waals surface area contributed by atoms with E-state index in [-0.39, 0.29) is 23.9 Å². The Morgan fingerprint density at radius 2 is 2.15 bits per heavy atom. The van der Waals surface area contributed by atoms with E-state index in [4.69, 9.17) is 5.11 Å². The Hall–Kier alpha value is -1.64. The highest BCUT2D eigenvalue weighted by atomic mass is 32.1. The van der Waals surface area contributed by atoms with Crippen LogP contribution in [0.5, 0.6) is 0 Å². The number of amides is 1. The zero-order valence-electron chi connectivity index (χ0n) is 10.3. The van der Waals surface area contributed by atoms with Crippen molar-refractivity contribution in [2.45, 2.75) is 19.1 Å². The molecule has 110 valence electrons. The summed E-state index contributed by atoms with van der Waals surface area (Å²) in [5, 5.41) is 9.79. The number of carboxylic acids is 1. The molecule has 0 aliphatic heterocycles. The van der Waals surface area contributed by atoms with Crippen molar-refractivity contribution >= 4 is 23.2 Å². The average molecular weight is 308 g/mol. The van der Waals surface area contributed by atoms with Gasteiger partial charge in [-0.15, -0.1) is 11.3 Å². The first kappa shape index (κ1) is 14.8. The number of rotatable bonds is 4. The molecule has 0 unspecified atom stereocenters. The first-order chi connectivity index (χ1) is 9.20. The second-order valence-electron chi connectivity index (χ2n) is 4.61. The number of aromatic nitrogens is 1. The van der Waals surface area contributed by atoms with Crippen molar-refractivity contribution in [1.29, 1.82) is 0 Å². The summed E-state index contributed by atoms with van der Waals surface area (Å²) in [7, 11) is 1.42. The van der Waals surface area contributed by atoms with Gasteiger partial charge < -0.3 is 10.0 Å². The van der Waals surface area contributed by atoms with Crippen LogP contribution in [-0.4, -0.2) is 33.9 Å². The maximum absolute atomic E-state index is 12.4. The molecule has 0 saturated heterocycles. The van der Waals surface area contributed by atoms with E-state index in [9.17, 15) is 22.8 Å². The summed E-state index contributed by atoms with van der Waals surface area (Å²) < 4.78 is 37.1. The van der Waals surface area contributed by atoms with Crippen molar-refractivity contribution in [3.05, 3.63) is 16.1 Å². The molecular formula is C11H11F3N2O3S. The lowest BCUT2D eigenvalue weighted by Crippen LogP contribution is -2.28. The normalized spacial score (nSPS) is 21.6. The van der Waals surface area contributed by atoms with E-state index in [2.05, 4.69) is 4.98 Å². The number of hydrogen-bond acceptors (Lipinski definition) is 4. The van der Waals surface area contributed by atoms with Gasteiger partial charge in [0.05, 0.1) is 18.4 Å². The fraction of sp³-hybridized carbons (Fsp3) is 0.545. The SMILES string of the molecule is CN(Cc1nc(C(F)(F)F)cs1)C(=O)[C@@H]1C[C@@H]1C(=O)O. The lowest BCUT2D eigenvalue weighted by atomic mass is 10.3. The van der Waals surface area contributed by atoms with Gasteiger partial charge in [-0.05, 0) is 6.42 Å². The summed E-state index contributed by atoms with van der Waals surface area (Å²) in [6.07, 6.45) is -4.22. The third-order valence-corrected chi connectivity index (χ3v) is 3.85. The molecule has 0 bridgehead atoms. The quantitative estimate of drug-likeness (QED) is 0.921. The smallest absolute Gasteiger partial charge is 0.434 e. The van der Waals surface area contributed by atoms with Crippen LogP contribution in [0.2, 0.25) is 0 Å². The molecule has 0 aromatic carbocycles. The van der Waals surface area contributed by atoms with Crippen LogP contribution in [-0.2, 0) is 22.3 Å². The van der Waals surface area contributed by atoms with E-state index in [0.717, 1.165) is 16.7 Å². The minimum atomic E-state index is -4.50. The Kier molecular flexibility index (Phi) is 3.72. The van der Waals surface area contributed by atoms with Crippen molar-refractivity contribution in [2.75, 3.05) is 7.05 Å². The summed E-state index contributed by atoms with van der Waals surface area (Å²) in [6.45, 7) is -0.0532. The van der Waals surface area contributed by atoms with E-state index < -0.39 is 29.7 Å². The Balaban J connectivity index is 1.95. The largest absolute Gasteiger partial charge is 0.481 e. The molecule has 2 atom stereocenters. The number of thiazole rings is 1. The van der Waals surface area contributed by atoms with E-state index in [1.165, 1.54) is 11.9 Å². The van der Waals surface area contributed by atoms with Gasteiger partial charge in [0.15, 0.2) is 5.69 Å². The number of nitrogens with zero attached hydrogens (tertiary/aromatic N) is 2. The summed E-state index contributed by atoms with van der Waals surface area (Å²) in [5.41, 5.74) is -0.979. The second kappa shape index (κ2) is 5.04. The summed E-state index contributed by atoms with van der Waals surface area (Å²) in [6, 6.07) is 0. The first-order valence-corrected chi connectivity index (χ1v) is 6.57. The van der Waals surface area contributed by atoms with Gasteiger partial charge in [-0.25, -0.2) is 4.98 Å². The van der Waals surface area contributed by atoms with Crippen molar-refractivity contribution in [3.63, 3.8) is 0 Å². The lowest BCUT2D eigenvalue weighted by molar-refractivity contribution is -0.142. The maximum Gasteiger partial charge on any atom is 0.434 e. The molecule has 0 radical (unpaired) electrons. The Morgan fingerprint density at radius 1 is 1.50 bits per heavy atom. The summed E-state index contributed by atoms with van der Waals surface area (Å²) >= 11 is 0.820. The zero-order valence-corrected chi connectivity index (χ0v) is 11.2. The van der Waals surface area contributed by atoms with Crippen molar-refractivity contribution in [3.8, 4) is 0 Å². The highest BCUT2D eigenvalue weighted by Crippen LogP contribution is 2.40. The van der Waals surface area contributed by atoms with Crippen LogP contribution >= 0.6 is 11.3 Å². The molecule has 1 fully saturated rings. The number of halogens is 3. The van der Waals surface area contributed by atoms with E-state index >= 15 is 0 Å². The first-order valence-electron chi connectivity index (χ1n) is 5.69. The van der Waals surface area contributed by atoms with Crippen molar-refractivity contribution in [1.82, 2.24) is 9.88 Å². The van der Waals surface area contributed by atoms with Gasteiger partial charge >= 0.3 is 12.1 Å². The average Bonchev–Trinajstić information content (AvgIpc) is 3.00. The highest BCUT2D eigenvalue weighted by molar-refractivity contribution is 7.09. The second-order valence-corrected chi connectivity index (χ2v) is 5.55. The van der Waals surface area contributed by atoms with Gasteiger partial charge in [-0.2, -0.15) is 13.2 Å². The van der Waals surface area contributed by atoms with E-state index in [1.54, 1.807) is 0 Å². The fourth-order valence-corrected chi connectivity index (χ4v) is 2.67. The number of carboxylic acid groups (broad SMARTS) is 1. The van der Waals surface area contributed by atoms with Gasteiger partial charge in [0.1, 0.15) is 5.01 Å². The molecule has 1 amide bonds. The van der Waals surface area contributed by atoms with Crippen molar-refractivity contribution in [2.24, 2.45) is 11.8 Å². The highest BCUT2D eigenvalue weighted by Gasteiger charge is 2.49. The molecule has 20 heavy (non-hydrogen) atoms. The van der Waals surface area contributed by atoms with Crippen LogP contribution in [0.25, 0.3) is 0 Å². The lowest BCUT2D eigenvalue weighted by Gasteiger charge is -2.15. The molecule has 0 spiro atoms. The number of hydrogen-bond donors (Lipinski definition) is 1. The minimum Gasteiger partial charge on any atom is -0.481 e. The van der Waals surface area contributed by atoms with Crippen LogP contribution in [0.15, 0.2) is 5.38 Å². The molecule has 1 saturated carbocycles.